The maximum absolute atomic E-state index is 12.9. The molecule has 1 atom stereocenters. The Morgan fingerprint density at radius 3 is 2.70 bits per heavy atom. The van der Waals surface area contributed by atoms with Crippen LogP contribution in [0.1, 0.15) is 32.7 Å². The topological polar surface area (TPSA) is 97.1 Å². The molecule has 3 heterocycles. The predicted molar refractivity (Wildman–Crippen MR) is 122 cm³/mol. The normalized spacial score (nSPS) is 18.1. The van der Waals surface area contributed by atoms with E-state index in [0.29, 0.717) is 25.1 Å². The van der Waals surface area contributed by atoms with Crippen molar-refractivity contribution in [2.24, 2.45) is 0 Å². The van der Waals surface area contributed by atoms with Gasteiger partial charge in [-0.3, -0.25) is 14.6 Å². The fourth-order valence-corrected chi connectivity index (χ4v) is 4.84. The van der Waals surface area contributed by atoms with Gasteiger partial charge >= 0.3 is 0 Å². The third-order valence-electron chi connectivity index (χ3n) is 6.57. The highest BCUT2D eigenvalue weighted by Crippen LogP contribution is 2.47. The van der Waals surface area contributed by atoms with Gasteiger partial charge in [-0.25, -0.2) is 0 Å². The van der Waals surface area contributed by atoms with Gasteiger partial charge in [0.1, 0.15) is 17.7 Å². The van der Waals surface area contributed by atoms with E-state index in [1.165, 1.54) is 6.26 Å². The molecule has 2 aliphatic rings. The first kappa shape index (κ1) is 19.4. The first-order valence-electron chi connectivity index (χ1n) is 10.8. The Balaban J connectivity index is 1.17. The van der Waals surface area contributed by atoms with E-state index >= 15 is 0 Å². The van der Waals surface area contributed by atoms with E-state index in [4.69, 9.17) is 4.52 Å². The number of amides is 2. The lowest BCUT2D eigenvalue weighted by molar-refractivity contribution is -0.120. The van der Waals surface area contributed by atoms with E-state index in [2.05, 4.69) is 20.8 Å². The number of carbonyl (C=O) groups is 2. The molecule has 1 aliphatic heterocycles. The van der Waals surface area contributed by atoms with Crippen LogP contribution in [-0.4, -0.2) is 22.0 Å². The van der Waals surface area contributed by atoms with E-state index in [0.717, 1.165) is 39.2 Å². The maximum atomic E-state index is 12.9. The van der Waals surface area contributed by atoms with Gasteiger partial charge in [-0.1, -0.05) is 47.6 Å². The van der Waals surface area contributed by atoms with E-state index in [9.17, 15) is 9.59 Å². The van der Waals surface area contributed by atoms with Gasteiger partial charge in [0.05, 0.1) is 5.41 Å². The average molecular weight is 436 g/mol. The molecule has 2 amide bonds. The summed E-state index contributed by atoms with van der Waals surface area (Å²) in [7, 11) is 0. The fourth-order valence-electron chi connectivity index (χ4n) is 4.84. The van der Waals surface area contributed by atoms with Crippen LogP contribution < -0.4 is 10.6 Å². The van der Waals surface area contributed by atoms with Crippen molar-refractivity contribution in [3.8, 4) is 11.3 Å². The Morgan fingerprint density at radius 2 is 1.88 bits per heavy atom. The average Bonchev–Trinajstić information content (AvgIpc) is 3.56. The summed E-state index contributed by atoms with van der Waals surface area (Å²) in [6.45, 7) is 0.385. The number of aromatic nitrogens is 2. The van der Waals surface area contributed by atoms with Crippen LogP contribution in [0.5, 0.6) is 0 Å². The predicted octanol–water partition coefficient (Wildman–Crippen LogP) is 3.66. The molecule has 1 unspecified atom stereocenters. The van der Waals surface area contributed by atoms with Crippen molar-refractivity contribution >= 4 is 17.5 Å². The number of fused-ring (bicyclic) bond motifs is 3. The first-order chi connectivity index (χ1) is 16.1. The monoisotopic (exact) mass is 436 g/mol. The summed E-state index contributed by atoms with van der Waals surface area (Å²) in [5.41, 5.74) is 6.34. The number of para-hydroxylation sites is 1. The van der Waals surface area contributed by atoms with Gasteiger partial charge in [-0.15, -0.1) is 0 Å². The number of nitrogens with one attached hydrogen (secondary N) is 2. The Kier molecular flexibility index (Phi) is 4.36. The quantitative estimate of drug-likeness (QED) is 0.509. The molecular formula is C26H20N4O3. The summed E-state index contributed by atoms with van der Waals surface area (Å²) in [4.78, 5) is 30.0. The molecule has 0 fully saturated rings. The summed E-state index contributed by atoms with van der Waals surface area (Å²) in [6, 6.07) is 19.2. The molecule has 2 N–H and O–H groups in total. The van der Waals surface area contributed by atoms with Crippen LogP contribution in [0, 0.1) is 0 Å². The van der Waals surface area contributed by atoms with E-state index in [-0.39, 0.29) is 11.8 Å². The minimum atomic E-state index is -0.610. The number of anilines is 1. The van der Waals surface area contributed by atoms with Gasteiger partial charge in [0.25, 0.3) is 5.91 Å². The number of carbonyl (C=O) groups excluding carboxylic acids is 2. The number of hydrogen-bond acceptors (Lipinski definition) is 5. The van der Waals surface area contributed by atoms with E-state index in [1.54, 1.807) is 12.3 Å². The second-order valence-corrected chi connectivity index (χ2v) is 8.54. The van der Waals surface area contributed by atoms with E-state index < -0.39 is 5.41 Å². The highest BCUT2D eigenvalue weighted by Gasteiger charge is 2.50. The molecule has 162 valence electrons. The van der Waals surface area contributed by atoms with Gasteiger partial charge < -0.3 is 15.2 Å². The Labute approximate surface area is 189 Å². The number of benzene rings is 2. The molecule has 1 aliphatic carbocycles. The third kappa shape index (κ3) is 3.20. The smallest absolute Gasteiger partial charge is 0.270 e. The third-order valence-corrected chi connectivity index (χ3v) is 6.57. The summed E-state index contributed by atoms with van der Waals surface area (Å²) >= 11 is 0. The molecule has 0 saturated carbocycles. The second kappa shape index (κ2) is 7.41. The van der Waals surface area contributed by atoms with Crippen LogP contribution >= 0.6 is 0 Å². The van der Waals surface area contributed by atoms with Crippen LogP contribution in [0.25, 0.3) is 11.3 Å². The Hall–Kier alpha value is -4.26. The van der Waals surface area contributed by atoms with Gasteiger partial charge in [0, 0.05) is 30.1 Å². The van der Waals surface area contributed by atoms with Crippen molar-refractivity contribution in [1.29, 1.82) is 0 Å². The van der Waals surface area contributed by atoms with Gasteiger partial charge in [0.2, 0.25) is 5.91 Å². The molecule has 1 spiro atoms. The lowest BCUT2D eigenvalue weighted by Gasteiger charge is -2.20. The second-order valence-electron chi connectivity index (χ2n) is 8.54. The molecule has 7 nitrogen and oxygen atoms in total. The maximum Gasteiger partial charge on any atom is 0.270 e. The standard InChI is InChI=1S/C26H20N4O3/c31-24(28-14-16-5-7-17(8-6-16)21-9-10-33-30-21)23-11-18-12-26(13-19(18)15-27-23)20-3-1-2-4-22(20)29-25(26)32/h1-11,15H,12-14H2,(H,28,31)(H,29,32). The summed E-state index contributed by atoms with van der Waals surface area (Å²) < 4.78 is 4.88. The van der Waals surface area contributed by atoms with Crippen LogP contribution in [-0.2, 0) is 29.6 Å². The van der Waals surface area contributed by atoms with Crippen molar-refractivity contribution in [2.45, 2.75) is 24.8 Å². The lowest BCUT2D eigenvalue weighted by atomic mass is 9.79. The van der Waals surface area contributed by atoms with Crippen LogP contribution in [0.4, 0.5) is 5.69 Å². The number of nitrogens with zero attached hydrogens (tertiary/aromatic N) is 2. The lowest BCUT2D eigenvalue weighted by Crippen LogP contribution is -2.35. The molecule has 0 radical (unpaired) electrons. The van der Waals surface area contributed by atoms with Crippen molar-refractivity contribution in [3.05, 3.63) is 101 Å². The van der Waals surface area contributed by atoms with Gasteiger partial charge in [-0.05, 0) is 47.2 Å². The van der Waals surface area contributed by atoms with Gasteiger partial charge in [-0.2, -0.15) is 0 Å². The zero-order valence-corrected chi connectivity index (χ0v) is 17.7. The molecule has 6 rings (SSSR count). The fraction of sp³-hybridized carbons (Fsp3) is 0.154. The van der Waals surface area contributed by atoms with Crippen molar-refractivity contribution in [2.75, 3.05) is 5.32 Å². The molecule has 0 saturated heterocycles. The SMILES string of the molecule is O=C(NCc1ccc(-c2ccon2)cc1)c1cc2c(cn1)CC1(C2)C(=O)Nc2ccccc21. The van der Waals surface area contributed by atoms with E-state index in [1.807, 2.05) is 54.6 Å². The minimum Gasteiger partial charge on any atom is -0.364 e. The molecule has 2 aromatic heterocycles. The summed E-state index contributed by atoms with van der Waals surface area (Å²) in [5.74, 6) is -0.226. The van der Waals surface area contributed by atoms with Crippen LogP contribution in [0.2, 0.25) is 0 Å². The minimum absolute atomic E-state index is 0.0139. The highest BCUT2D eigenvalue weighted by atomic mass is 16.5. The number of rotatable bonds is 4. The van der Waals surface area contributed by atoms with Crippen LogP contribution in [0.3, 0.4) is 0 Å². The number of pyridine rings is 1. The highest BCUT2D eigenvalue weighted by molar-refractivity contribution is 6.07. The molecule has 33 heavy (non-hydrogen) atoms. The van der Waals surface area contributed by atoms with Crippen LogP contribution in [0.15, 0.2) is 77.6 Å². The Morgan fingerprint density at radius 1 is 1.06 bits per heavy atom. The van der Waals surface area contributed by atoms with Crippen molar-refractivity contribution in [1.82, 2.24) is 15.5 Å². The molecule has 0 bridgehead atoms. The molecule has 7 heteroatoms. The molecule has 2 aromatic carbocycles. The molecular weight excluding hydrogens is 416 g/mol. The summed E-state index contributed by atoms with van der Waals surface area (Å²) in [5, 5.41) is 9.86. The largest absolute Gasteiger partial charge is 0.364 e. The zero-order valence-electron chi connectivity index (χ0n) is 17.7. The molecule has 4 aromatic rings. The zero-order chi connectivity index (χ0) is 22.4. The van der Waals surface area contributed by atoms with Crippen molar-refractivity contribution < 1.29 is 14.1 Å². The van der Waals surface area contributed by atoms with Gasteiger partial charge in [0.15, 0.2) is 0 Å². The van der Waals surface area contributed by atoms with Crippen molar-refractivity contribution in [3.63, 3.8) is 0 Å². The summed E-state index contributed by atoms with van der Waals surface area (Å²) in [6.07, 6.45) is 4.43. The number of hydrogen-bond donors (Lipinski definition) is 2. The first-order valence-corrected chi connectivity index (χ1v) is 10.8. The Bertz CT molecular complexity index is 1380.